The fourth-order valence-corrected chi connectivity index (χ4v) is 8.03. The number of anilines is 1. The second-order valence-electron chi connectivity index (χ2n) is 14.5. The van der Waals surface area contributed by atoms with E-state index < -0.39 is 80.8 Å². The van der Waals surface area contributed by atoms with E-state index in [0.717, 1.165) is 6.26 Å². The Balaban J connectivity index is 1.38. The molecule has 0 saturated heterocycles. The van der Waals surface area contributed by atoms with Crippen LogP contribution < -0.4 is 10.0 Å². The van der Waals surface area contributed by atoms with E-state index in [9.17, 15) is 35.9 Å². The standard InChI is InChI=1S/C38H32ClF6N7O4S/c1-18-27-29-33(38(43,44)45)48-52(34(29)37(41,42)30(18)27)17-26(53)47-25(16-19-7-6-8-20(40)15-19)31-22(10-9-21(46-31)13-14-36(2,3)54)23-11-12-24(39)28-32(23)51(4)49-35(28)50-57(5,55)56/h6-12,15,25,27,30,54H,1,16-17H2,2-5H3,(H,47,53)(H,49,50)/t25-,27+,30+/m0/s1. The molecule has 3 aromatic heterocycles. The van der Waals surface area contributed by atoms with Crippen LogP contribution >= 0.6 is 11.6 Å². The van der Waals surface area contributed by atoms with Gasteiger partial charge in [0.05, 0.1) is 39.8 Å². The largest absolute Gasteiger partial charge is 0.435 e. The number of carbonyl (C=O) groups excluding carboxylic acids is 1. The van der Waals surface area contributed by atoms with Crippen molar-refractivity contribution in [1.29, 1.82) is 0 Å². The number of pyridine rings is 1. The number of fused-ring (bicyclic) bond motifs is 4. The van der Waals surface area contributed by atoms with Gasteiger partial charge in [0.25, 0.3) is 5.92 Å². The fraction of sp³-hybridized carbons (Fsp3) is 0.316. The molecule has 0 bridgehead atoms. The zero-order valence-electron chi connectivity index (χ0n) is 30.4. The van der Waals surface area contributed by atoms with E-state index in [-0.39, 0.29) is 39.6 Å². The van der Waals surface area contributed by atoms with Crippen molar-refractivity contribution in [1.82, 2.24) is 29.9 Å². The Morgan fingerprint density at radius 1 is 1.12 bits per heavy atom. The Labute approximate surface area is 326 Å². The minimum atomic E-state index is -5.10. The van der Waals surface area contributed by atoms with E-state index in [0.29, 0.717) is 26.9 Å². The maximum Gasteiger partial charge on any atom is 0.435 e. The van der Waals surface area contributed by atoms with Gasteiger partial charge in [0.1, 0.15) is 29.4 Å². The predicted molar refractivity (Wildman–Crippen MR) is 198 cm³/mol. The maximum atomic E-state index is 15.6. The third kappa shape index (κ3) is 7.58. The number of rotatable bonds is 9. The molecule has 5 aromatic rings. The molecule has 0 aliphatic heterocycles. The van der Waals surface area contributed by atoms with Gasteiger partial charge in [-0.3, -0.25) is 18.9 Å². The summed E-state index contributed by atoms with van der Waals surface area (Å²) in [6, 6.07) is 10.3. The van der Waals surface area contributed by atoms with E-state index in [1.165, 1.54) is 55.9 Å². The summed E-state index contributed by atoms with van der Waals surface area (Å²) in [7, 11) is -2.29. The molecule has 2 aliphatic rings. The molecule has 3 heterocycles. The van der Waals surface area contributed by atoms with Gasteiger partial charge in [0.2, 0.25) is 15.9 Å². The molecule has 11 nitrogen and oxygen atoms in total. The fourth-order valence-electron chi connectivity index (χ4n) is 7.29. The summed E-state index contributed by atoms with van der Waals surface area (Å²) in [6.07, 6.45) is -4.35. The van der Waals surface area contributed by atoms with Crippen molar-refractivity contribution in [3.05, 3.63) is 105 Å². The van der Waals surface area contributed by atoms with Gasteiger partial charge in [-0.25, -0.2) is 17.8 Å². The monoisotopic (exact) mass is 831 g/mol. The summed E-state index contributed by atoms with van der Waals surface area (Å²) in [6.45, 7) is 5.33. The number of aryl methyl sites for hydroxylation is 1. The first-order valence-electron chi connectivity index (χ1n) is 17.1. The van der Waals surface area contributed by atoms with Crippen molar-refractivity contribution >= 4 is 44.3 Å². The van der Waals surface area contributed by atoms with Gasteiger partial charge in [0, 0.05) is 29.7 Å². The number of allylic oxidation sites excluding steroid dienone is 1. The molecule has 1 amide bonds. The summed E-state index contributed by atoms with van der Waals surface area (Å²) >= 11 is 6.58. The smallest absolute Gasteiger partial charge is 0.378 e. The van der Waals surface area contributed by atoms with Crippen LogP contribution in [0, 0.1) is 23.6 Å². The molecule has 1 saturated carbocycles. The van der Waals surface area contributed by atoms with Gasteiger partial charge in [-0.1, -0.05) is 47.9 Å². The molecule has 298 valence electrons. The quantitative estimate of drug-likeness (QED) is 0.0862. The van der Waals surface area contributed by atoms with Crippen LogP contribution in [-0.4, -0.2) is 55.8 Å². The van der Waals surface area contributed by atoms with Gasteiger partial charge in [-0.15, -0.1) is 0 Å². The number of nitrogens with zero attached hydrogens (tertiary/aromatic N) is 5. The Kier molecular flexibility index (Phi) is 9.53. The molecule has 0 radical (unpaired) electrons. The van der Waals surface area contributed by atoms with Crippen LogP contribution in [0.5, 0.6) is 0 Å². The van der Waals surface area contributed by atoms with E-state index in [4.69, 9.17) is 16.6 Å². The van der Waals surface area contributed by atoms with Gasteiger partial charge in [-0.05, 0) is 62.1 Å². The lowest BCUT2D eigenvalue weighted by Crippen LogP contribution is -2.35. The highest BCUT2D eigenvalue weighted by Crippen LogP contribution is 2.71. The van der Waals surface area contributed by atoms with Crippen molar-refractivity contribution in [2.24, 2.45) is 13.0 Å². The first-order valence-corrected chi connectivity index (χ1v) is 19.4. The number of aliphatic hydroxyl groups is 1. The lowest BCUT2D eigenvalue weighted by Gasteiger charge is -2.23. The Morgan fingerprint density at radius 3 is 2.47 bits per heavy atom. The number of carbonyl (C=O) groups is 1. The highest BCUT2D eigenvalue weighted by atomic mass is 35.5. The van der Waals surface area contributed by atoms with Gasteiger partial charge < -0.3 is 10.4 Å². The van der Waals surface area contributed by atoms with Crippen LogP contribution in [0.3, 0.4) is 0 Å². The van der Waals surface area contributed by atoms with Crippen molar-refractivity contribution in [3.8, 4) is 23.0 Å². The molecule has 19 heteroatoms. The van der Waals surface area contributed by atoms with Crippen LogP contribution in [0.15, 0.2) is 60.7 Å². The summed E-state index contributed by atoms with van der Waals surface area (Å²) in [4.78, 5) is 18.7. The molecular formula is C38H32ClF6N7O4S. The second kappa shape index (κ2) is 13.6. The first kappa shape index (κ1) is 39.8. The topological polar surface area (TPSA) is 144 Å². The molecule has 1 fully saturated rings. The minimum Gasteiger partial charge on any atom is -0.378 e. The highest BCUT2D eigenvalue weighted by molar-refractivity contribution is 7.92. The molecule has 0 spiro atoms. The lowest BCUT2D eigenvalue weighted by molar-refractivity contribution is -0.142. The number of nitrogens with one attached hydrogen (secondary N) is 2. The summed E-state index contributed by atoms with van der Waals surface area (Å²) < 4.78 is 117. The first-order chi connectivity index (χ1) is 26.4. The van der Waals surface area contributed by atoms with Gasteiger partial charge >= 0.3 is 6.18 Å². The van der Waals surface area contributed by atoms with Gasteiger partial charge in [-0.2, -0.15) is 32.1 Å². The van der Waals surface area contributed by atoms with Crippen LogP contribution in [0.4, 0.5) is 32.2 Å². The van der Waals surface area contributed by atoms with Crippen molar-refractivity contribution in [3.63, 3.8) is 0 Å². The molecule has 2 aliphatic carbocycles. The maximum absolute atomic E-state index is 15.6. The number of hydrogen-bond donors (Lipinski definition) is 3. The Bertz CT molecular complexity index is 2690. The van der Waals surface area contributed by atoms with E-state index in [2.05, 4.69) is 38.7 Å². The van der Waals surface area contributed by atoms with Crippen LogP contribution in [0.2, 0.25) is 5.02 Å². The van der Waals surface area contributed by atoms with Crippen molar-refractivity contribution in [2.75, 3.05) is 11.0 Å². The van der Waals surface area contributed by atoms with Gasteiger partial charge in [0.15, 0.2) is 11.5 Å². The molecule has 2 aromatic carbocycles. The molecule has 57 heavy (non-hydrogen) atoms. The molecular weight excluding hydrogens is 800 g/mol. The van der Waals surface area contributed by atoms with Crippen molar-refractivity contribution in [2.45, 2.75) is 56.5 Å². The lowest BCUT2D eigenvalue weighted by atomic mass is 9.93. The number of aromatic nitrogens is 5. The van der Waals surface area contributed by atoms with E-state index in [1.807, 2.05) is 0 Å². The number of alkyl halides is 5. The molecule has 7 rings (SSSR count). The van der Waals surface area contributed by atoms with E-state index in [1.54, 1.807) is 18.2 Å². The SMILES string of the molecule is C=C1[C@@H]2c3c(C(F)(F)F)nn(CC(=O)N[C@@H](Cc4cccc(F)c4)c4nc(C#CC(C)(C)O)ccc4-c4ccc(Cl)c5c(NS(C)(=O)=O)nn(C)c45)c3C(F)(F)[C@H]12. The van der Waals surface area contributed by atoms with Crippen LogP contribution in [0.25, 0.3) is 22.0 Å². The number of halogens is 7. The minimum absolute atomic E-state index is 0.0488. The number of hydrogen-bond acceptors (Lipinski definition) is 7. The zero-order chi connectivity index (χ0) is 41.6. The van der Waals surface area contributed by atoms with Crippen LogP contribution in [0.1, 0.15) is 59.7 Å². The third-order valence-corrected chi connectivity index (χ3v) is 10.4. The number of amides is 1. The average molecular weight is 832 g/mol. The summed E-state index contributed by atoms with van der Waals surface area (Å²) in [5.41, 5.74) is -3.26. The molecule has 3 atom stereocenters. The second-order valence-corrected chi connectivity index (χ2v) is 16.6. The molecule has 0 unspecified atom stereocenters. The zero-order valence-corrected chi connectivity index (χ0v) is 32.0. The average Bonchev–Trinajstić information content (AvgIpc) is 3.31. The number of benzene rings is 2. The van der Waals surface area contributed by atoms with Crippen molar-refractivity contribution < 1.29 is 44.7 Å². The normalized spacial score (nSPS) is 17.8. The summed E-state index contributed by atoms with van der Waals surface area (Å²) in [5.74, 6) is -2.89. The van der Waals surface area contributed by atoms with E-state index >= 15 is 8.78 Å². The third-order valence-electron chi connectivity index (χ3n) is 9.52. The highest BCUT2D eigenvalue weighted by Gasteiger charge is 2.71. The molecule has 3 N–H and O–H groups in total. The Morgan fingerprint density at radius 2 is 1.82 bits per heavy atom. The van der Waals surface area contributed by atoms with Crippen LogP contribution in [-0.2, 0) is 46.9 Å². The predicted octanol–water partition coefficient (Wildman–Crippen LogP) is 6.61. The Hall–Kier alpha value is -5.38. The number of sulfonamides is 1. The summed E-state index contributed by atoms with van der Waals surface area (Å²) in [5, 5.41) is 21.1.